The lowest BCUT2D eigenvalue weighted by atomic mass is 10.0. The summed E-state index contributed by atoms with van der Waals surface area (Å²) in [7, 11) is 0. The number of piperidine rings is 1. The molecule has 2 saturated heterocycles. The maximum Gasteiger partial charge on any atom is 0.0622 e. The third-order valence-corrected chi connectivity index (χ3v) is 3.70. The summed E-state index contributed by atoms with van der Waals surface area (Å²) in [5, 5.41) is 3.62. The van der Waals surface area contributed by atoms with E-state index in [4.69, 9.17) is 4.74 Å². The third-order valence-electron chi connectivity index (χ3n) is 3.70. The van der Waals surface area contributed by atoms with Crippen LogP contribution in [0.5, 0.6) is 0 Å². The normalized spacial score (nSPS) is 32.4. The average Bonchev–Trinajstić information content (AvgIpc) is 2.81. The topological polar surface area (TPSA) is 24.5 Å². The van der Waals surface area contributed by atoms with E-state index in [1.807, 2.05) is 0 Å². The zero-order valence-electron chi connectivity index (χ0n) is 9.87. The summed E-state index contributed by atoms with van der Waals surface area (Å²) in [5.41, 5.74) is 0. The lowest BCUT2D eigenvalue weighted by Gasteiger charge is -2.33. The minimum absolute atomic E-state index is 0.679. The van der Waals surface area contributed by atoms with E-state index in [0.717, 1.165) is 25.8 Å². The summed E-state index contributed by atoms with van der Waals surface area (Å²) in [6.07, 6.45) is 5.33. The van der Waals surface area contributed by atoms with Gasteiger partial charge in [0.1, 0.15) is 0 Å². The highest BCUT2D eigenvalue weighted by Gasteiger charge is 2.24. The lowest BCUT2D eigenvalue weighted by Crippen LogP contribution is -2.47. The first kappa shape index (κ1) is 11.4. The number of nitrogens with one attached hydrogen (secondary N) is 1. The van der Waals surface area contributed by atoms with Crippen molar-refractivity contribution in [1.29, 1.82) is 0 Å². The fraction of sp³-hybridized carbons (Fsp3) is 1.00. The summed E-state index contributed by atoms with van der Waals surface area (Å²) in [6.45, 7) is 7.75. The molecule has 2 aliphatic rings. The van der Waals surface area contributed by atoms with Gasteiger partial charge in [0.25, 0.3) is 0 Å². The summed E-state index contributed by atoms with van der Waals surface area (Å²) in [4.78, 5) is 2.59. The molecule has 2 aliphatic heterocycles. The Bertz CT molecular complexity index is 174. The quantitative estimate of drug-likeness (QED) is 0.759. The van der Waals surface area contributed by atoms with Crippen LogP contribution in [0.2, 0.25) is 0 Å². The largest absolute Gasteiger partial charge is 0.380 e. The molecule has 3 nitrogen and oxygen atoms in total. The van der Waals surface area contributed by atoms with Crippen molar-refractivity contribution in [3.8, 4) is 0 Å². The zero-order chi connectivity index (χ0) is 10.5. The van der Waals surface area contributed by atoms with Gasteiger partial charge >= 0.3 is 0 Å². The summed E-state index contributed by atoms with van der Waals surface area (Å²) < 4.78 is 5.47. The van der Waals surface area contributed by atoms with Gasteiger partial charge < -0.3 is 10.1 Å². The van der Waals surface area contributed by atoms with Gasteiger partial charge in [-0.1, -0.05) is 13.3 Å². The van der Waals surface area contributed by atoms with E-state index in [9.17, 15) is 0 Å². The van der Waals surface area contributed by atoms with E-state index in [1.54, 1.807) is 0 Å². The number of rotatable bonds is 4. The van der Waals surface area contributed by atoms with Crippen molar-refractivity contribution < 1.29 is 4.74 Å². The Morgan fingerprint density at radius 2 is 2.27 bits per heavy atom. The Morgan fingerprint density at radius 1 is 1.33 bits per heavy atom. The maximum absolute atomic E-state index is 5.47. The monoisotopic (exact) mass is 212 g/mol. The molecule has 0 amide bonds. The predicted molar refractivity (Wildman–Crippen MR) is 62.1 cm³/mol. The van der Waals surface area contributed by atoms with Gasteiger partial charge in [-0.15, -0.1) is 0 Å². The summed E-state index contributed by atoms with van der Waals surface area (Å²) in [6, 6.07) is 1.40. The summed E-state index contributed by atoms with van der Waals surface area (Å²) in [5.74, 6) is 0. The predicted octanol–water partition coefficient (Wildman–Crippen LogP) is 1.24. The fourth-order valence-corrected chi connectivity index (χ4v) is 2.71. The van der Waals surface area contributed by atoms with Gasteiger partial charge in [-0.05, 0) is 32.4 Å². The summed E-state index contributed by atoms with van der Waals surface area (Å²) >= 11 is 0. The molecule has 0 spiro atoms. The van der Waals surface area contributed by atoms with Gasteiger partial charge in [-0.2, -0.15) is 0 Å². The van der Waals surface area contributed by atoms with Gasteiger partial charge in [0.15, 0.2) is 0 Å². The van der Waals surface area contributed by atoms with Crippen LogP contribution in [0.15, 0.2) is 0 Å². The van der Waals surface area contributed by atoms with Crippen LogP contribution in [0, 0.1) is 0 Å². The Balaban J connectivity index is 1.78. The van der Waals surface area contributed by atoms with Gasteiger partial charge in [-0.25, -0.2) is 0 Å². The first-order valence-corrected chi connectivity index (χ1v) is 6.45. The van der Waals surface area contributed by atoms with Gasteiger partial charge in [0.05, 0.1) is 6.61 Å². The van der Waals surface area contributed by atoms with Crippen molar-refractivity contribution in [2.24, 2.45) is 0 Å². The fourth-order valence-electron chi connectivity index (χ4n) is 2.71. The molecule has 0 aromatic heterocycles. The number of hydrogen-bond acceptors (Lipinski definition) is 3. The van der Waals surface area contributed by atoms with E-state index in [1.165, 1.54) is 38.8 Å². The average molecular weight is 212 g/mol. The second kappa shape index (κ2) is 5.83. The van der Waals surface area contributed by atoms with Crippen LogP contribution in [0.25, 0.3) is 0 Å². The SMILES string of the molecule is CCN(CC1CCCCN1)C1CCOC1. The first-order valence-electron chi connectivity index (χ1n) is 6.45. The molecule has 0 bridgehead atoms. The van der Waals surface area contributed by atoms with Crippen molar-refractivity contribution in [2.45, 2.75) is 44.7 Å². The molecule has 15 heavy (non-hydrogen) atoms. The standard InChI is InChI=1S/C12H24N2O/c1-2-14(12-6-8-15-10-12)9-11-5-3-4-7-13-11/h11-13H,2-10H2,1H3. The second-order valence-electron chi connectivity index (χ2n) is 4.75. The van der Waals surface area contributed by atoms with Crippen LogP contribution in [-0.4, -0.2) is 49.8 Å². The van der Waals surface area contributed by atoms with Crippen molar-refractivity contribution >= 4 is 0 Å². The molecule has 2 atom stereocenters. The molecule has 3 heteroatoms. The Labute approximate surface area is 93.2 Å². The molecule has 0 radical (unpaired) electrons. The smallest absolute Gasteiger partial charge is 0.0622 e. The molecular weight excluding hydrogens is 188 g/mol. The second-order valence-corrected chi connectivity index (χ2v) is 4.75. The minimum Gasteiger partial charge on any atom is -0.380 e. The molecule has 2 fully saturated rings. The third kappa shape index (κ3) is 3.16. The molecular formula is C12H24N2O. The van der Waals surface area contributed by atoms with E-state index < -0.39 is 0 Å². The Hall–Kier alpha value is -0.120. The van der Waals surface area contributed by atoms with E-state index in [-0.39, 0.29) is 0 Å². The van der Waals surface area contributed by atoms with Crippen LogP contribution >= 0.6 is 0 Å². The highest BCUT2D eigenvalue weighted by molar-refractivity contribution is 4.81. The molecule has 2 unspecified atom stereocenters. The van der Waals surface area contributed by atoms with Gasteiger partial charge in [-0.3, -0.25) is 4.90 Å². The van der Waals surface area contributed by atoms with Crippen LogP contribution < -0.4 is 5.32 Å². The number of nitrogens with zero attached hydrogens (tertiary/aromatic N) is 1. The molecule has 0 aromatic carbocycles. The molecule has 88 valence electrons. The number of likely N-dealkylation sites (N-methyl/N-ethyl adjacent to an activating group) is 1. The van der Waals surface area contributed by atoms with E-state index in [2.05, 4.69) is 17.1 Å². The first-order chi connectivity index (χ1) is 7.40. The molecule has 0 saturated carbocycles. The molecule has 2 rings (SSSR count). The Kier molecular flexibility index (Phi) is 4.42. The van der Waals surface area contributed by atoms with Gasteiger partial charge in [0.2, 0.25) is 0 Å². The van der Waals surface area contributed by atoms with Crippen molar-refractivity contribution in [2.75, 3.05) is 32.8 Å². The van der Waals surface area contributed by atoms with Crippen molar-refractivity contribution in [3.05, 3.63) is 0 Å². The van der Waals surface area contributed by atoms with E-state index >= 15 is 0 Å². The molecule has 0 aliphatic carbocycles. The number of ether oxygens (including phenoxy) is 1. The maximum atomic E-state index is 5.47. The molecule has 0 aromatic rings. The molecule has 2 heterocycles. The highest BCUT2D eigenvalue weighted by atomic mass is 16.5. The van der Waals surface area contributed by atoms with E-state index in [0.29, 0.717) is 6.04 Å². The Morgan fingerprint density at radius 3 is 2.87 bits per heavy atom. The number of hydrogen-bond donors (Lipinski definition) is 1. The van der Waals surface area contributed by atoms with Gasteiger partial charge in [0, 0.05) is 25.2 Å². The molecule has 1 N–H and O–H groups in total. The van der Waals surface area contributed by atoms with Crippen LogP contribution in [0.4, 0.5) is 0 Å². The van der Waals surface area contributed by atoms with Crippen LogP contribution in [-0.2, 0) is 4.74 Å². The van der Waals surface area contributed by atoms with Crippen LogP contribution in [0.3, 0.4) is 0 Å². The highest BCUT2D eigenvalue weighted by Crippen LogP contribution is 2.15. The zero-order valence-corrected chi connectivity index (χ0v) is 9.87. The van der Waals surface area contributed by atoms with Crippen LogP contribution in [0.1, 0.15) is 32.6 Å². The minimum atomic E-state index is 0.679. The van der Waals surface area contributed by atoms with Crippen molar-refractivity contribution in [3.63, 3.8) is 0 Å². The van der Waals surface area contributed by atoms with Crippen molar-refractivity contribution in [1.82, 2.24) is 10.2 Å². The lowest BCUT2D eigenvalue weighted by molar-refractivity contribution is 0.135.